The molecule has 0 radical (unpaired) electrons. The molecule has 20 heavy (non-hydrogen) atoms. The summed E-state index contributed by atoms with van der Waals surface area (Å²) in [4.78, 5) is 12.1. The molecule has 0 N–H and O–H groups in total. The fraction of sp³-hybridized carbons (Fsp3) is 0.533. The van der Waals surface area contributed by atoms with Crippen molar-refractivity contribution in [1.29, 1.82) is 0 Å². The summed E-state index contributed by atoms with van der Waals surface area (Å²) in [5.41, 5.74) is 1.51. The number of carbonyl (C=O) groups is 1. The minimum atomic E-state index is -3.71. The maximum Gasteiger partial charge on any atom is 0.324 e. The number of hydrogen-bond donors (Lipinski definition) is 0. The first-order chi connectivity index (χ1) is 9.34. The van der Waals surface area contributed by atoms with Crippen LogP contribution in [0.2, 0.25) is 0 Å². The van der Waals surface area contributed by atoms with Crippen LogP contribution in [0, 0.1) is 13.8 Å². The second kappa shape index (κ2) is 6.88. The van der Waals surface area contributed by atoms with Gasteiger partial charge in [-0.3, -0.25) is 4.79 Å². The van der Waals surface area contributed by atoms with Crippen LogP contribution >= 0.6 is 0 Å². The summed E-state index contributed by atoms with van der Waals surface area (Å²) < 4.78 is 30.1. The van der Waals surface area contributed by atoms with Gasteiger partial charge in [0.15, 0.2) is 15.1 Å². The SMILES string of the molecule is CCCCC(C(=O)OC)S(=O)(=O)c1cc(C)ccc1C. The normalized spacial score (nSPS) is 13.0. The van der Waals surface area contributed by atoms with Crippen LogP contribution in [0.3, 0.4) is 0 Å². The zero-order valence-corrected chi connectivity index (χ0v) is 13.3. The van der Waals surface area contributed by atoms with Crippen molar-refractivity contribution in [2.24, 2.45) is 0 Å². The smallest absolute Gasteiger partial charge is 0.324 e. The monoisotopic (exact) mass is 298 g/mol. The summed E-state index contributed by atoms with van der Waals surface area (Å²) in [6, 6.07) is 5.23. The molecule has 5 heteroatoms. The van der Waals surface area contributed by atoms with Crippen molar-refractivity contribution in [3.63, 3.8) is 0 Å². The van der Waals surface area contributed by atoms with Crippen molar-refractivity contribution in [1.82, 2.24) is 0 Å². The number of ether oxygens (including phenoxy) is 1. The van der Waals surface area contributed by atoms with Gasteiger partial charge >= 0.3 is 5.97 Å². The van der Waals surface area contributed by atoms with Crippen LogP contribution < -0.4 is 0 Å². The number of hydrogen-bond acceptors (Lipinski definition) is 4. The molecular formula is C15H22O4S. The number of aryl methyl sites for hydroxylation is 2. The number of methoxy groups -OCH3 is 1. The van der Waals surface area contributed by atoms with Crippen LogP contribution in [0.4, 0.5) is 0 Å². The molecule has 0 saturated heterocycles. The van der Waals surface area contributed by atoms with E-state index in [1.807, 2.05) is 19.9 Å². The molecular weight excluding hydrogens is 276 g/mol. The highest BCUT2D eigenvalue weighted by molar-refractivity contribution is 7.92. The van der Waals surface area contributed by atoms with E-state index in [1.165, 1.54) is 7.11 Å². The van der Waals surface area contributed by atoms with E-state index in [4.69, 9.17) is 0 Å². The van der Waals surface area contributed by atoms with Crippen molar-refractivity contribution in [3.8, 4) is 0 Å². The first kappa shape index (κ1) is 16.7. The van der Waals surface area contributed by atoms with Gasteiger partial charge in [-0.1, -0.05) is 31.9 Å². The van der Waals surface area contributed by atoms with Gasteiger partial charge in [0.05, 0.1) is 12.0 Å². The number of esters is 1. The van der Waals surface area contributed by atoms with E-state index in [0.29, 0.717) is 18.4 Å². The highest BCUT2D eigenvalue weighted by Crippen LogP contribution is 2.25. The van der Waals surface area contributed by atoms with E-state index < -0.39 is 21.1 Å². The number of carbonyl (C=O) groups excluding carboxylic acids is 1. The Kier molecular flexibility index (Phi) is 5.74. The molecule has 1 aromatic rings. The van der Waals surface area contributed by atoms with Gasteiger partial charge in [0, 0.05) is 0 Å². The van der Waals surface area contributed by atoms with E-state index in [2.05, 4.69) is 4.74 Å². The van der Waals surface area contributed by atoms with Crippen molar-refractivity contribution in [2.45, 2.75) is 50.2 Å². The summed E-state index contributed by atoms with van der Waals surface area (Å²) >= 11 is 0. The Balaban J connectivity index is 3.28. The van der Waals surface area contributed by atoms with Crippen LogP contribution in [0.1, 0.15) is 37.3 Å². The molecule has 0 aliphatic heterocycles. The van der Waals surface area contributed by atoms with Gasteiger partial charge in [-0.2, -0.15) is 0 Å². The molecule has 1 unspecified atom stereocenters. The zero-order valence-electron chi connectivity index (χ0n) is 12.5. The number of sulfone groups is 1. The maximum absolute atomic E-state index is 12.7. The van der Waals surface area contributed by atoms with Gasteiger partial charge in [-0.25, -0.2) is 8.42 Å². The first-order valence-electron chi connectivity index (χ1n) is 6.73. The Bertz CT molecular complexity index is 576. The fourth-order valence-electron chi connectivity index (χ4n) is 2.09. The molecule has 0 amide bonds. The molecule has 1 aromatic carbocycles. The van der Waals surface area contributed by atoms with Crippen LogP contribution in [-0.4, -0.2) is 26.7 Å². The molecule has 0 fully saturated rings. The van der Waals surface area contributed by atoms with Crippen LogP contribution in [0.15, 0.2) is 23.1 Å². The summed E-state index contributed by atoms with van der Waals surface area (Å²) in [7, 11) is -2.49. The fourth-order valence-corrected chi connectivity index (χ4v) is 4.09. The summed E-state index contributed by atoms with van der Waals surface area (Å²) in [6.45, 7) is 5.52. The van der Waals surface area contributed by atoms with Gasteiger partial charge < -0.3 is 4.74 Å². The number of rotatable bonds is 6. The Labute approximate surface area is 121 Å². The molecule has 1 rings (SSSR count). The zero-order chi connectivity index (χ0) is 15.3. The van der Waals surface area contributed by atoms with Crippen molar-refractivity contribution >= 4 is 15.8 Å². The molecule has 0 bridgehead atoms. The van der Waals surface area contributed by atoms with E-state index in [9.17, 15) is 13.2 Å². The predicted octanol–water partition coefficient (Wildman–Crippen LogP) is 2.81. The standard InChI is InChI=1S/C15H22O4S/c1-5-6-7-13(15(16)19-4)20(17,18)14-10-11(2)8-9-12(14)3/h8-10,13H,5-7H2,1-4H3. The van der Waals surface area contributed by atoms with Crippen molar-refractivity contribution in [2.75, 3.05) is 7.11 Å². The van der Waals surface area contributed by atoms with E-state index in [0.717, 1.165) is 12.0 Å². The predicted molar refractivity (Wildman–Crippen MR) is 78.4 cm³/mol. The van der Waals surface area contributed by atoms with E-state index in [-0.39, 0.29) is 4.90 Å². The average Bonchev–Trinajstić information content (AvgIpc) is 2.41. The molecule has 0 heterocycles. The molecule has 0 aromatic heterocycles. The Hall–Kier alpha value is -1.36. The lowest BCUT2D eigenvalue weighted by Crippen LogP contribution is -2.32. The van der Waals surface area contributed by atoms with E-state index in [1.54, 1.807) is 19.1 Å². The molecule has 0 saturated carbocycles. The Morgan fingerprint density at radius 2 is 1.95 bits per heavy atom. The van der Waals surface area contributed by atoms with Crippen LogP contribution in [-0.2, 0) is 19.4 Å². The van der Waals surface area contributed by atoms with Crippen LogP contribution in [0.5, 0.6) is 0 Å². The van der Waals surface area contributed by atoms with Crippen LogP contribution in [0.25, 0.3) is 0 Å². The number of benzene rings is 1. The summed E-state index contributed by atoms with van der Waals surface area (Å²) in [6.07, 6.45) is 1.79. The molecule has 4 nitrogen and oxygen atoms in total. The molecule has 0 spiro atoms. The highest BCUT2D eigenvalue weighted by atomic mass is 32.2. The molecule has 0 aliphatic carbocycles. The lowest BCUT2D eigenvalue weighted by atomic mass is 10.2. The minimum Gasteiger partial charge on any atom is -0.468 e. The van der Waals surface area contributed by atoms with Gasteiger partial charge in [0.2, 0.25) is 0 Å². The molecule has 112 valence electrons. The van der Waals surface area contributed by atoms with Gasteiger partial charge in [-0.05, 0) is 37.5 Å². The lowest BCUT2D eigenvalue weighted by molar-refractivity contribution is -0.140. The second-order valence-corrected chi connectivity index (χ2v) is 7.07. The van der Waals surface area contributed by atoms with Gasteiger partial charge in [-0.15, -0.1) is 0 Å². The van der Waals surface area contributed by atoms with E-state index >= 15 is 0 Å². The second-order valence-electron chi connectivity index (χ2n) is 4.97. The third kappa shape index (κ3) is 3.60. The molecule has 0 aliphatic rings. The Morgan fingerprint density at radius 3 is 2.50 bits per heavy atom. The lowest BCUT2D eigenvalue weighted by Gasteiger charge is -2.17. The third-order valence-corrected chi connectivity index (χ3v) is 5.54. The third-order valence-electron chi connectivity index (χ3n) is 3.31. The summed E-state index contributed by atoms with van der Waals surface area (Å²) in [5.74, 6) is -0.681. The average molecular weight is 298 g/mol. The van der Waals surface area contributed by atoms with Gasteiger partial charge in [0.25, 0.3) is 0 Å². The number of unbranched alkanes of at least 4 members (excludes halogenated alkanes) is 1. The molecule has 1 atom stereocenters. The maximum atomic E-state index is 12.7. The van der Waals surface area contributed by atoms with Crippen molar-refractivity contribution in [3.05, 3.63) is 29.3 Å². The first-order valence-corrected chi connectivity index (χ1v) is 8.28. The topological polar surface area (TPSA) is 60.4 Å². The summed E-state index contributed by atoms with van der Waals surface area (Å²) in [5, 5.41) is -1.12. The minimum absolute atomic E-state index is 0.226. The Morgan fingerprint density at radius 1 is 1.30 bits per heavy atom. The highest BCUT2D eigenvalue weighted by Gasteiger charge is 2.35. The van der Waals surface area contributed by atoms with Gasteiger partial charge in [0.1, 0.15) is 0 Å². The quantitative estimate of drug-likeness (QED) is 0.758. The largest absolute Gasteiger partial charge is 0.468 e. The van der Waals surface area contributed by atoms with Crippen molar-refractivity contribution < 1.29 is 17.9 Å².